The second-order valence-corrected chi connectivity index (χ2v) is 4.68. The lowest BCUT2D eigenvalue weighted by Crippen LogP contribution is -2.38. The highest BCUT2D eigenvalue weighted by Gasteiger charge is 2.54. The zero-order valence-electron chi connectivity index (χ0n) is 9.42. The maximum absolute atomic E-state index is 12.0. The van der Waals surface area contributed by atoms with Crippen molar-refractivity contribution in [2.45, 2.75) is 12.8 Å². The van der Waals surface area contributed by atoms with Gasteiger partial charge in [0.1, 0.15) is 5.69 Å². The number of carbonyl (C=O) groups excluding carboxylic acids is 2. The molecule has 0 saturated heterocycles. The van der Waals surface area contributed by atoms with Gasteiger partial charge in [0.25, 0.3) is 11.8 Å². The van der Waals surface area contributed by atoms with Crippen LogP contribution in [0.2, 0.25) is 0 Å². The predicted molar refractivity (Wildman–Crippen MR) is 58.9 cm³/mol. The molecular formula is C12H10N2O4. The normalized spacial score (nSPS) is 19.9. The van der Waals surface area contributed by atoms with E-state index in [9.17, 15) is 14.4 Å². The van der Waals surface area contributed by atoms with Gasteiger partial charge in [0.05, 0.1) is 11.0 Å². The van der Waals surface area contributed by atoms with Gasteiger partial charge in [-0.15, -0.1) is 0 Å². The number of amides is 2. The molecule has 0 aromatic carbocycles. The van der Waals surface area contributed by atoms with Crippen LogP contribution in [0.3, 0.4) is 0 Å². The molecule has 0 spiro atoms. The van der Waals surface area contributed by atoms with Gasteiger partial charge in [-0.1, -0.05) is 0 Å². The Labute approximate surface area is 102 Å². The van der Waals surface area contributed by atoms with Crippen LogP contribution in [0, 0.1) is 5.41 Å². The van der Waals surface area contributed by atoms with E-state index in [-0.39, 0.29) is 17.8 Å². The summed E-state index contributed by atoms with van der Waals surface area (Å²) in [4.78, 5) is 40.0. The summed E-state index contributed by atoms with van der Waals surface area (Å²) in [5.41, 5.74) is -0.569. The van der Waals surface area contributed by atoms with Crippen LogP contribution in [0.1, 0.15) is 33.7 Å². The van der Waals surface area contributed by atoms with E-state index in [1.807, 2.05) is 0 Å². The first-order valence-corrected chi connectivity index (χ1v) is 5.60. The molecule has 0 unspecified atom stereocenters. The van der Waals surface area contributed by atoms with Gasteiger partial charge in [-0.3, -0.25) is 24.3 Å². The number of carbonyl (C=O) groups is 3. The molecule has 2 aliphatic rings. The number of hydrogen-bond donors (Lipinski definition) is 1. The highest BCUT2D eigenvalue weighted by molar-refractivity contribution is 6.20. The summed E-state index contributed by atoms with van der Waals surface area (Å²) in [5.74, 6) is -1.90. The minimum absolute atomic E-state index is 0.0592. The zero-order valence-corrected chi connectivity index (χ0v) is 9.42. The molecule has 0 radical (unpaired) electrons. The molecular weight excluding hydrogens is 236 g/mol. The summed E-state index contributed by atoms with van der Waals surface area (Å²) in [6, 6.07) is 3.11. The van der Waals surface area contributed by atoms with Crippen LogP contribution < -0.4 is 0 Å². The van der Waals surface area contributed by atoms with Crippen LogP contribution in [-0.2, 0) is 4.79 Å². The second-order valence-electron chi connectivity index (χ2n) is 4.68. The van der Waals surface area contributed by atoms with Crippen LogP contribution in [0.25, 0.3) is 0 Å². The molecule has 1 aromatic rings. The van der Waals surface area contributed by atoms with Crippen molar-refractivity contribution >= 4 is 17.8 Å². The predicted octanol–water partition coefficient (Wildman–Crippen LogP) is 0.542. The smallest absolute Gasteiger partial charge is 0.311 e. The molecule has 1 N–H and O–H groups in total. The fourth-order valence-electron chi connectivity index (χ4n) is 2.15. The molecule has 1 fully saturated rings. The van der Waals surface area contributed by atoms with Gasteiger partial charge in [-0.2, -0.15) is 0 Å². The van der Waals surface area contributed by atoms with E-state index in [0.29, 0.717) is 12.8 Å². The van der Waals surface area contributed by atoms with E-state index in [4.69, 9.17) is 5.11 Å². The molecule has 3 rings (SSSR count). The Morgan fingerprint density at radius 1 is 1.39 bits per heavy atom. The van der Waals surface area contributed by atoms with E-state index in [1.54, 1.807) is 6.07 Å². The number of pyridine rings is 1. The van der Waals surface area contributed by atoms with Crippen LogP contribution in [0.5, 0.6) is 0 Å². The van der Waals surface area contributed by atoms with Gasteiger partial charge in [-0.25, -0.2) is 0 Å². The molecule has 2 heterocycles. The van der Waals surface area contributed by atoms with Crippen LogP contribution in [0.4, 0.5) is 0 Å². The number of carboxylic acids is 1. The van der Waals surface area contributed by atoms with E-state index in [2.05, 4.69) is 4.98 Å². The van der Waals surface area contributed by atoms with E-state index in [1.165, 1.54) is 12.3 Å². The molecule has 1 saturated carbocycles. The van der Waals surface area contributed by atoms with Gasteiger partial charge < -0.3 is 5.11 Å². The van der Waals surface area contributed by atoms with Crippen molar-refractivity contribution in [2.75, 3.05) is 6.54 Å². The third-order valence-corrected chi connectivity index (χ3v) is 3.50. The molecule has 2 amide bonds. The number of imide groups is 1. The lowest BCUT2D eigenvalue weighted by Gasteiger charge is -2.18. The number of carboxylic acid groups (broad SMARTS) is 1. The summed E-state index contributed by atoms with van der Waals surface area (Å²) in [7, 11) is 0. The van der Waals surface area contributed by atoms with Crippen LogP contribution in [-0.4, -0.2) is 39.3 Å². The second kappa shape index (κ2) is 3.38. The first-order chi connectivity index (χ1) is 8.55. The molecule has 1 aliphatic heterocycles. The van der Waals surface area contributed by atoms with E-state index >= 15 is 0 Å². The highest BCUT2D eigenvalue weighted by Crippen LogP contribution is 2.47. The maximum atomic E-state index is 12.0. The molecule has 92 valence electrons. The fourth-order valence-corrected chi connectivity index (χ4v) is 2.15. The monoisotopic (exact) mass is 246 g/mol. The van der Waals surface area contributed by atoms with E-state index in [0.717, 1.165) is 4.90 Å². The van der Waals surface area contributed by atoms with Gasteiger partial charge in [0.2, 0.25) is 0 Å². The van der Waals surface area contributed by atoms with Crippen molar-refractivity contribution in [3.05, 3.63) is 29.6 Å². The largest absolute Gasteiger partial charge is 0.481 e. The SMILES string of the molecule is O=C1c2cccnc2C(=O)N1CC1(C(=O)O)CC1. The summed E-state index contributed by atoms with van der Waals surface area (Å²) < 4.78 is 0. The molecule has 0 atom stereocenters. The summed E-state index contributed by atoms with van der Waals surface area (Å²) in [5, 5.41) is 9.09. The average molecular weight is 246 g/mol. The first-order valence-electron chi connectivity index (χ1n) is 5.60. The van der Waals surface area contributed by atoms with Gasteiger partial charge in [-0.05, 0) is 25.0 Å². The van der Waals surface area contributed by atoms with Crippen LogP contribution in [0.15, 0.2) is 18.3 Å². The maximum Gasteiger partial charge on any atom is 0.311 e. The Morgan fingerprint density at radius 3 is 2.67 bits per heavy atom. The van der Waals surface area contributed by atoms with Crippen molar-refractivity contribution in [3.8, 4) is 0 Å². The number of aromatic nitrogens is 1. The van der Waals surface area contributed by atoms with Crippen molar-refractivity contribution in [1.29, 1.82) is 0 Å². The molecule has 1 aliphatic carbocycles. The number of nitrogens with zero attached hydrogens (tertiary/aromatic N) is 2. The third kappa shape index (κ3) is 1.35. The van der Waals surface area contributed by atoms with Crippen molar-refractivity contribution in [1.82, 2.24) is 9.88 Å². The molecule has 18 heavy (non-hydrogen) atoms. The first kappa shape index (κ1) is 10.9. The van der Waals surface area contributed by atoms with Gasteiger partial charge in [0.15, 0.2) is 0 Å². The average Bonchev–Trinajstić information content (AvgIpc) is 3.11. The zero-order chi connectivity index (χ0) is 12.9. The Morgan fingerprint density at radius 2 is 2.11 bits per heavy atom. The summed E-state index contributed by atoms with van der Waals surface area (Å²) >= 11 is 0. The van der Waals surface area contributed by atoms with Gasteiger partial charge in [0, 0.05) is 12.7 Å². The molecule has 6 nitrogen and oxygen atoms in total. The lowest BCUT2D eigenvalue weighted by molar-refractivity contribution is -0.143. The number of rotatable bonds is 3. The fraction of sp³-hybridized carbons (Fsp3) is 0.333. The Bertz CT molecular complexity index is 542. The topological polar surface area (TPSA) is 87.6 Å². The van der Waals surface area contributed by atoms with E-state index < -0.39 is 23.2 Å². The Kier molecular flexibility index (Phi) is 2.04. The highest BCUT2D eigenvalue weighted by atomic mass is 16.4. The standard InChI is InChI=1S/C12H10N2O4/c15-9-7-2-1-5-13-8(7)10(16)14(9)6-12(3-4-12)11(17)18/h1-2,5H,3-4,6H2,(H,17,18). The Hall–Kier alpha value is -2.24. The molecule has 6 heteroatoms. The van der Waals surface area contributed by atoms with Crippen molar-refractivity contribution in [2.24, 2.45) is 5.41 Å². The Balaban J connectivity index is 1.91. The summed E-state index contributed by atoms with van der Waals surface area (Å²) in [6.45, 7) is -0.0592. The number of fused-ring (bicyclic) bond motifs is 1. The minimum atomic E-state index is -0.952. The van der Waals surface area contributed by atoms with Crippen LogP contribution >= 0.6 is 0 Å². The van der Waals surface area contributed by atoms with Crippen molar-refractivity contribution < 1.29 is 19.5 Å². The number of hydrogen-bond acceptors (Lipinski definition) is 4. The quantitative estimate of drug-likeness (QED) is 0.786. The molecule has 1 aromatic heterocycles. The third-order valence-electron chi connectivity index (χ3n) is 3.50. The summed E-state index contributed by atoms with van der Waals surface area (Å²) in [6.07, 6.45) is 2.45. The number of aliphatic carboxylic acids is 1. The molecule has 0 bridgehead atoms. The minimum Gasteiger partial charge on any atom is -0.481 e. The lowest BCUT2D eigenvalue weighted by atomic mass is 10.1. The van der Waals surface area contributed by atoms with Gasteiger partial charge >= 0.3 is 5.97 Å². The van der Waals surface area contributed by atoms with Crippen molar-refractivity contribution in [3.63, 3.8) is 0 Å².